The van der Waals surface area contributed by atoms with Crippen LogP contribution in [0.25, 0.3) is 11.1 Å². The van der Waals surface area contributed by atoms with Crippen molar-refractivity contribution in [3.8, 4) is 11.1 Å². The van der Waals surface area contributed by atoms with Crippen LogP contribution in [0.1, 0.15) is 41.4 Å². The monoisotopic (exact) mass is 634 g/mol. The van der Waals surface area contributed by atoms with E-state index in [4.69, 9.17) is 9.47 Å². The molecule has 190 valence electrons. The van der Waals surface area contributed by atoms with Crippen LogP contribution >= 0.6 is 31.9 Å². The number of ether oxygens (including phenoxy) is 2. The molecule has 0 spiro atoms. The minimum Gasteiger partial charge on any atom is -0.454 e. The lowest BCUT2D eigenvalue weighted by Crippen LogP contribution is -2.14. The van der Waals surface area contributed by atoms with Crippen LogP contribution in [0.2, 0.25) is 0 Å². The Morgan fingerprint density at radius 3 is 1.24 bits per heavy atom. The van der Waals surface area contributed by atoms with E-state index < -0.39 is 11.9 Å². The Balaban J connectivity index is 1.39. The van der Waals surface area contributed by atoms with Gasteiger partial charge in [0.25, 0.3) is 0 Å². The van der Waals surface area contributed by atoms with Crippen LogP contribution in [0.3, 0.4) is 0 Å². The Morgan fingerprint density at radius 1 is 0.500 bits per heavy atom. The van der Waals surface area contributed by atoms with Crippen molar-refractivity contribution in [1.82, 2.24) is 0 Å². The number of hydrogen-bond donors (Lipinski definition) is 0. The van der Waals surface area contributed by atoms with Gasteiger partial charge in [-0.1, -0.05) is 80.4 Å². The molecular weight excluding hydrogens is 616 g/mol. The number of rotatable bonds is 9. The highest BCUT2D eigenvalue weighted by Crippen LogP contribution is 2.23. The van der Waals surface area contributed by atoms with Crippen molar-refractivity contribution >= 4 is 55.4 Å². The van der Waals surface area contributed by atoms with Crippen LogP contribution < -0.4 is 0 Å². The molecule has 0 heterocycles. The first-order valence-corrected chi connectivity index (χ1v) is 13.0. The van der Waals surface area contributed by atoms with Crippen molar-refractivity contribution in [1.29, 1.82) is 0 Å². The molecule has 0 aliphatic rings. The first kappa shape index (κ1) is 27.2. The quantitative estimate of drug-likeness (QED) is 0.146. The highest BCUT2D eigenvalue weighted by molar-refractivity contribution is 9.10. The van der Waals surface area contributed by atoms with Gasteiger partial charge in [-0.2, -0.15) is 0 Å². The summed E-state index contributed by atoms with van der Waals surface area (Å²) in [5, 5.41) is 0. The minimum absolute atomic E-state index is 0.263. The van der Waals surface area contributed by atoms with Crippen molar-refractivity contribution in [2.45, 2.75) is 0 Å². The standard InChI is InChI=1S/C30H20Br2O6/c31-25-11-7-19(8-12-25)27(33)17-37-29(35)23-5-1-3-21(15-23)22-4-2-6-24(16-22)30(36)38-18-28(34)20-9-13-26(32)14-10-20/h1-16H,17-18H2. The SMILES string of the molecule is O=C(COC(=O)c1cccc(-c2cccc(C(=O)OCC(=O)c3ccc(Br)cc3)c2)c1)c1ccc(Br)cc1. The fourth-order valence-electron chi connectivity index (χ4n) is 3.52. The molecule has 4 aromatic rings. The normalized spacial score (nSPS) is 10.5. The van der Waals surface area contributed by atoms with Crippen molar-refractivity contribution in [2.24, 2.45) is 0 Å². The molecule has 0 bridgehead atoms. The summed E-state index contributed by atoms with van der Waals surface area (Å²) in [5.74, 6) is -1.91. The van der Waals surface area contributed by atoms with Gasteiger partial charge < -0.3 is 9.47 Å². The van der Waals surface area contributed by atoms with Gasteiger partial charge in [0.05, 0.1) is 11.1 Å². The third-order valence-electron chi connectivity index (χ3n) is 5.53. The first-order chi connectivity index (χ1) is 18.3. The summed E-state index contributed by atoms with van der Waals surface area (Å²) in [6.45, 7) is -0.768. The fraction of sp³-hybridized carbons (Fsp3) is 0.0667. The molecule has 0 radical (unpaired) electrons. The van der Waals surface area contributed by atoms with Gasteiger partial charge in [-0.25, -0.2) is 9.59 Å². The summed E-state index contributed by atoms with van der Waals surface area (Å²) in [6, 6.07) is 26.9. The molecule has 38 heavy (non-hydrogen) atoms. The molecule has 0 aliphatic heterocycles. The summed E-state index contributed by atoms with van der Waals surface area (Å²) in [7, 11) is 0. The predicted octanol–water partition coefficient (Wildman–Crippen LogP) is 6.96. The number of carbonyl (C=O) groups excluding carboxylic acids is 4. The van der Waals surface area contributed by atoms with Crippen LogP contribution in [0.15, 0.2) is 106 Å². The molecule has 8 heteroatoms. The van der Waals surface area contributed by atoms with E-state index in [1.165, 1.54) is 0 Å². The highest BCUT2D eigenvalue weighted by Gasteiger charge is 2.15. The Morgan fingerprint density at radius 2 is 0.868 bits per heavy atom. The maximum absolute atomic E-state index is 12.6. The van der Waals surface area contributed by atoms with E-state index in [1.807, 2.05) is 0 Å². The average molecular weight is 636 g/mol. The summed E-state index contributed by atoms with van der Waals surface area (Å²) < 4.78 is 12.1. The molecule has 0 aromatic heterocycles. The lowest BCUT2D eigenvalue weighted by Gasteiger charge is -2.09. The van der Waals surface area contributed by atoms with Crippen molar-refractivity contribution in [2.75, 3.05) is 13.2 Å². The van der Waals surface area contributed by atoms with Crippen LogP contribution in [0.5, 0.6) is 0 Å². The lowest BCUT2D eigenvalue weighted by molar-refractivity contribution is 0.0472. The fourth-order valence-corrected chi connectivity index (χ4v) is 4.05. The van der Waals surface area contributed by atoms with Crippen LogP contribution in [0.4, 0.5) is 0 Å². The van der Waals surface area contributed by atoms with Crippen LogP contribution in [-0.2, 0) is 9.47 Å². The van der Waals surface area contributed by atoms with Gasteiger partial charge >= 0.3 is 11.9 Å². The highest BCUT2D eigenvalue weighted by atomic mass is 79.9. The number of carbonyl (C=O) groups is 4. The zero-order chi connectivity index (χ0) is 27.1. The minimum atomic E-state index is -0.640. The second kappa shape index (κ2) is 12.6. The topological polar surface area (TPSA) is 86.7 Å². The van der Waals surface area contributed by atoms with Crippen LogP contribution in [0, 0.1) is 0 Å². The second-order valence-electron chi connectivity index (χ2n) is 8.17. The van der Waals surface area contributed by atoms with Gasteiger partial charge in [-0.3, -0.25) is 9.59 Å². The molecule has 0 unspecified atom stereocenters. The number of halogens is 2. The van der Waals surface area contributed by atoms with Crippen LogP contribution in [-0.4, -0.2) is 36.7 Å². The Kier molecular flexibility index (Phi) is 8.99. The van der Waals surface area contributed by atoms with Crippen molar-refractivity contribution in [3.05, 3.63) is 128 Å². The molecule has 4 rings (SSSR count). The Hall–Kier alpha value is -3.88. The molecule has 6 nitrogen and oxygen atoms in total. The maximum Gasteiger partial charge on any atom is 0.338 e. The summed E-state index contributed by atoms with van der Waals surface area (Å²) >= 11 is 6.63. The summed E-state index contributed by atoms with van der Waals surface area (Å²) in [5.41, 5.74) is 2.74. The van der Waals surface area contributed by atoms with Gasteiger partial charge in [-0.15, -0.1) is 0 Å². The van der Waals surface area contributed by atoms with E-state index in [9.17, 15) is 19.2 Å². The third-order valence-corrected chi connectivity index (χ3v) is 6.59. The Labute approximate surface area is 235 Å². The van der Waals surface area contributed by atoms with E-state index in [-0.39, 0.29) is 35.9 Å². The number of hydrogen-bond acceptors (Lipinski definition) is 6. The number of esters is 2. The van der Waals surface area contributed by atoms with E-state index in [0.717, 1.165) is 8.95 Å². The Bertz CT molecular complexity index is 1380. The largest absolute Gasteiger partial charge is 0.454 e. The first-order valence-electron chi connectivity index (χ1n) is 11.4. The number of benzene rings is 4. The van der Waals surface area contributed by atoms with Gasteiger partial charge in [0.15, 0.2) is 24.8 Å². The zero-order valence-corrected chi connectivity index (χ0v) is 23.0. The summed E-state index contributed by atoms with van der Waals surface area (Å²) in [4.78, 5) is 49.8. The molecular formula is C30H20Br2O6. The second-order valence-corrected chi connectivity index (χ2v) is 10.0. The zero-order valence-electron chi connectivity index (χ0n) is 19.9. The van der Waals surface area contributed by atoms with Gasteiger partial charge in [-0.05, 0) is 59.7 Å². The number of Topliss-reactive ketones (excluding diaryl/α,β-unsaturated/α-hetero) is 2. The molecule has 4 aromatic carbocycles. The molecule has 0 fully saturated rings. The average Bonchev–Trinajstić information content (AvgIpc) is 2.95. The van der Waals surface area contributed by atoms with Crippen molar-refractivity contribution in [3.63, 3.8) is 0 Å². The predicted molar refractivity (Wildman–Crippen MR) is 149 cm³/mol. The molecule has 0 atom stereocenters. The lowest BCUT2D eigenvalue weighted by atomic mass is 10.0. The van der Waals surface area contributed by atoms with E-state index in [1.54, 1.807) is 97.1 Å². The van der Waals surface area contributed by atoms with E-state index in [0.29, 0.717) is 22.3 Å². The number of ketones is 2. The van der Waals surface area contributed by atoms with Gasteiger partial charge in [0.1, 0.15) is 0 Å². The van der Waals surface area contributed by atoms with E-state index >= 15 is 0 Å². The van der Waals surface area contributed by atoms with Crippen molar-refractivity contribution < 1.29 is 28.7 Å². The summed E-state index contributed by atoms with van der Waals surface area (Å²) in [6.07, 6.45) is 0. The molecule has 0 amide bonds. The smallest absolute Gasteiger partial charge is 0.338 e. The molecule has 0 saturated carbocycles. The third kappa shape index (κ3) is 7.12. The van der Waals surface area contributed by atoms with E-state index in [2.05, 4.69) is 31.9 Å². The molecule has 0 saturated heterocycles. The van der Waals surface area contributed by atoms with Gasteiger partial charge in [0, 0.05) is 20.1 Å². The maximum atomic E-state index is 12.6. The molecule has 0 aliphatic carbocycles. The van der Waals surface area contributed by atoms with Gasteiger partial charge in [0.2, 0.25) is 0 Å². The molecule has 0 N–H and O–H groups in total.